The fourth-order valence-corrected chi connectivity index (χ4v) is 1.85. The maximum absolute atomic E-state index is 13.0. The molecule has 1 heterocycles. The maximum Gasteiger partial charge on any atom is 0.487 e. The number of alkyl halides is 3. The lowest BCUT2D eigenvalue weighted by Gasteiger charge is -2.26. The summed E-state index contributed by atoms with van der Waals surface area (Å²) in [4.78, 5) is 15.7. The molecule has 0 bridgehead atoms. The SMILES string of the molecule is O=C(C1=NCCCN1)N(Cc1ccccc1)C(F)(F)F. The second-order valence-corrected chi connectivity index (χ2v) is 4.36. The predicted octanol–water partition coefficient (Wildman–Crippen LogP) is 1.93. The van der Waals surface area contributed by atoms with E-state index in [1.54, 1.807) is 30.3 Å². The van der Waals surface area contributed by atoms with Gasteiger partial charge in [-0.05, 0) is 12.0 Å². The fourth-order valence-electron chi connectivity index (χ4n) is 1.85. The summed E-state index contributed by atoms with van der Waals surface area (Å²) in [5, 5.41) is 2.62. The first-order valence-electron chi connectivity index (χ1n) is 6.19. The van der Waals surface area contributed by atoms with Gasteiger partial charge < -0.3 is 5.32 Å². The first-order chi connectivity index (χ1) is 9.48. The van der Waals surface area contributed by atoms with Crippen LogP contribution in [-0.2, 0) is 11.3 Å². The number of aliphatic imine (C=N–C) groups is 1. The van der Waals surface area contributed by atoms with E-state index in [-0.39, 0.29) is 10.7 Å². The van der Waals surface area contributed by atoms with E-state index in [4.69, 9.17) is 0 Å². The van der Waals surface area contributed by atoms with Gasteiger partial charge in [-0.25, -0.2) is 4.90 Å². The van der Waals surface area contributed by atoms with Crippen LogP contribution in [0, 0.1) is 0 Å². The van der Waals surface area contributed by atoms with Crippen molar-refractivity contribution < 1.29 is 18.0 Å². The number of amidine groups is 1. The summed E-state index contributed by atoms with van der Waals surface area (Å²) >= 11 is 0. The van der Waals surface area contributed by atoms with Gasteiger partial charge in [0, 0.05) is 13.1 Å². The highest BCUT2D eigenvalue weighted by molar-refractivity contribution is 6.37. The highest BCUT2D eigenvalue weighted by Crippen LogP contribution is 2.24. The van der Waals surface area contributed by atoms with Crippen molar-refractivity contribution >= 4 is 11.7 Å². The van der Waals surface area contributed by atoms with Crippen molar-refractivity contribution in [3.63, 3.8) is 0 Å². The standard InChI is InChI=1S/C13H14F3N3O/c14-13(15,16)19(9-10-5-2-1-3-6-10)12(20)11-17-7-4-8-18-11/h1-3,5-6H,4,7-9H2,(H,17,18). The zero-order chi connectivity index (χ0) is 14.6. The average Bonchev–Trinajstić information content (AvgIpc) is 2.45. The minimum atomic E-state index is -4.74. The topological polar surface area (TPSA) is 44.7 Å². The van der Waals surface area contributed by atoms with Crippen LogP contribution in [0.5, 0.6) is 0 Å². The largest absolute Gasteiger partial charge is 0.487 e. The Balaban J connectivity index is 2.20. The number of rotatable bonds is 3. The third kappa shape index (κ3) is 3.49. The highest BCUT2D eigenvalue weighted by atomic mass is 19.4. The lowest BCUT2D eigenvalue weighted by Crippen LogP contribution is -2.50. The van der Waals surface area contributed by atoms with Gasteiger partial charge in [0.1, 0.15) is 0 Å². The molecule has 7 heteroatoms. The summed E-state index contributed by atoms with van der Waals surface area (Å²) < 4.78 is 39.1. The number of benzene rings is 1. The summed E-state index contributed by atoms with van der Waals surface area (Å²) in [6, 6.07) is 8.05. The summed E-state index contributed by atoms with van der Waals surface area (Å²) in [6.45, 7) is 0.302. The Labute approximate surface area is 114 Å². The summed E-state index contributed by atoms with van der Waals surface area (Å²) in [7, 11) is 0. The van der Waals surface area contributed by atoms with E-state index >= 15 is 0 Å². The summed E-state index contributed by atoms with van der Waals surface area (Å²) in [5.41, 5.74) is 0.412. The Kier molecular flexibility index (Phi) is 4.26. The van der Waals surface area contributed by atoms with Crippen molar-refractivity contribution in [2.75, 3.05) is 13.1 Å². The molecule has 0 aromatic heterocycles. The molecule has 2 rings (SSSR count). The number of nitrogens with one attached hydrogen (secondary N) is 1. The lowest BCUT2D eigenvalue weighted by atomic mass is 10.2. The van der Waals surface area contributed by atoms with Crippen LogP contribution in [0.4, 0.5) is 13.2 Å². The molecular weight excluding hydrogens is 271 g/mol. The molecule has 1 aromatic rings. The van der Waals surface area contributed by atoms with E-state index in [1.165, 1.54) is 0 Å². The van der Waals surface area contributed by atoms with Crippen molar-refractivity contribution in [2.24, 2.45) is 4.99 Å². The van der Waals surface area contributed by atoms with Gasteiger partial charge in [0.05, 0.1) is 6.54 Å². The normalized spacial score (nSPS) is 15.2. The number of carbonyl (C=O) groups is 1. The molecule has 108 valence electrons. The van der Waals surface area contributed by atoms with Crippen LogP contribution in [0.25, 0.3) is 0 Å². The summed E-state index contributed by atoms with van der Waals surface area (Å²) in [6.07, 6.45) is -4.03. The van der Waals surface area contributed by atoms with Crippen LogP contribution < -0.4 is 5.32 Å². The monoisotopic (exact) mass is 285 g/mol. The van der Waals surface area contributed by atoms with Gasteiger partial charge >= 0.3 is 6.30 Å². The molecule has 0 unspecified atom stereocenters. The zero-order valence-corrected chi connectivity index (χ0v) is 10.7. The molecule has 0 atom stereocenters. The van der Waals surface area contributed by atoms with E-state index in [0.717, 1.165) is 0 Å². The summed E-state index contributed by atoms with van der Waals surface area (Å²) in [5.74, 6) is -1.36. The molecule has 0 saturated heterocycles. The first-order valence-corrected chi connectivity index (χ1v) is 6.19. The Morgan fingerprint density at radius 3 is 2.55 bits per heavy atom. The van der Waals surface area contributed by atoms with E-state index in [2.05, 4.69) is 10.3 Å². The number of hydrogen-bond donors (Lipinski definition) is 1. The third-order valence-electron chi connectivity index (χ3n) is 2.83. The van der Waals surface area contributed by atoms with Crippen LogP contribution in [0.1, 0.15) is 12.0 Å². The Hall–Kier alpha value is -2.05. The van der Waals surface area contributed by atoms with Gasteiger partial charge in [0.25, 0.3) is 5.91 Å². The maximum atomic E-state index is 13.0. The third-order valence-corrected chi connectivity index (χ3v) is 2.83. The minimum absolute atomic E-state index is 0.126. The molecule has 4 nitrogen and oxygen atoms in total. The van der Waals surface area contributed by atoms with E-state index < -0.39 is 18.8 Å². The van der Waals surface area contributed by atoms with Gasteiger partial charge in [-0.2, -0.15) is 0 Å². The number of hydrogen-bond acceptors (Lipinski definition) is 3. The molecule has 0 spiro atoms. The molecule has 1 aliphatic rings. The first kappa shape index (κ1) is 14.4. The second-order valence-electron chi connectivity index (χ2n) is 4.36. The molecule has 20 heavy (non-hydrogen) atoms. The minimum Gasteiger partial charge on any atom is -0.366 e. The molecule has 1 aliphatic heterocycles. The Morgan fingerprint density at radius 2 is 2.00 bits per heavy atom. The molecule has 1 N–H and O–H groups in total. The number of nitrogens with zero attached hydrogens (tertiary/aromatic N) is 2. The highest BCUT2D eigenvalue weighted by Gasteiger charge is 2.42. The van der Waals surface area contributed by atoms with E-state index in [0.29, 0.717) is 25.1 Å². The lowest BCUT2D eigenvalue weighted by molar-refractivity contribution is -0.240. The van der Waals surface area contributed by atoms with Crippen molar-refractivity contribution in [1.82, 2.24) is 10.2 Å². The van der Waals surface area contributed by atoms with Crippen molar-refractivity contribution in [3.8, 4) is 0 Å². The van der Waals surface area contributed by atoms with Crippen LogP contribution in [0.15, 0.2) is 35.3 Å². The predicted molar refractivity (Wildman–Crippen MR) is 68.0 cm³/mol. The van der Waals surface area contributed by atoms with Gasteiger partial charge in [0.15, 0.2) is 5.84 Å². The van der Waals surface area contributed by atoms with Crippen LogP contribution >= 0.6 is 0 Å². The number of carbonyl (C=O) groups excluding carboxylic acids is 1. The zero-order valence-electron chi connectivity index (χ0n) is 10.7. The molecule has 0 saturated carbocycles. The van der Waals surface area contributed by atoms with E-state index in [1.807, 2.05) is 0 Å². The fraction of sp³-hybridized carbons (Fsp3) is 0.385. The number of amides is 1. The van der Waals surface area contributed by atoms with Crippen LogP contribution in [0.2, 0.25) is 0 Å². The molecule has 0 radical (unpaired) electrons. The smallest absolute Gasteiger partial charge is 0.366 e. The Morgan fingerprint density at radius 1 is 1.30 bits per heavy atom. The van der Waals surface area contributed by atoms with Crippen molar-refractivity contribution in [1.29, 1.82) is 0 Å². The second kappa shape index (κ2) is 5.94. The molecule has 1 aromatic carbocycles. The van der Waals surface area contributed by atoms with Crippen molar-refractivity contribution in [3.05, 3.63) is 35.9 Å². The average molecular weight is 285 g/mol. The quantitative estimate of drug-likeness (QED) is 0.862. The molecule has 1 amide bonds. The van der Waals surface area contributed by atoms with Gasteiger partial charge in [0.2, 0.25) is 0 Å². The van der Waals surface area contributed by atoms with Crippen LogP contribution in [0.3, 0.4) is 0 Å². The number of halogens is 3. The van der Waals surface area contributed by atoms with Crippen molar-refractivity contribution in [2.45, 2.75) is 19.3 Å². The Bertz CT molecular complexity index is 499. The van der Waals surface area contributed by atoms with Gasteiger partial charge in [-0.1, -0.05) is 30.3 Å². The molecule has 0 fully saturated rings. The molecular formula is C13H14F3N3O. The van der Waals surface area contributed by atoms with Gasteiger partial charge in [-0.15, -0.1) is 13.2 Å². The van der Waals surface area contributed by atoms with Gasteiger partial charge in [-0.3, -0.25) is 9.79 Å². The van der Waals surface area contributed by atoms with Crippen LogP contribution in [-0.4, -0.2) is 36.0 Å². The van der Waals surface area contributed by atoms with E-state index in [9.17, 15) is 18.0 Å². The molecule has 0 aliphatic carbocycles.